The number of piperazine rings is 1. The zero-order chi connectivity index (χ0) is 19.3. The first-order valence-electron chi connectivity index (χ1n) is 9.02. The van der Waals surface area contributed by atoms with Crippen molar-refractivity contribution in [3.8, 4) is 0 Å². The summed E-state index contributed by atoms with van der Waals surface area (Å²) < 4.78 is 26.2. The highest BCUT2D eigenvalue weighted by Crippen LogP contribution is 2.14. The lowest BCUT2D eigenvalue weighted by molar-refractivity contribution is -0.133. The van der Waals surface area contributed by atoms with Crippen LogP contribution in [0.15, 0.2) is 65.6 Å². The molecule has 27 heavy (non-hydrogen) atoms. The zero-order valence-corrected chi connectivity index (χ0v) is 16.3. The number of nitrogens with zero attached hydrogens (tertiary/aromatic N) is 3. The van der Waals surface area contributed by atoms with Crippen LogP contribution in [-0.2, 0) is 21.4 Å². The summed E-state index contributed by atoms with van der Waals surface area (Å²) in [6.07, 6.45) is 0. The average molecular weight is 388 g/mol. The molecule has 1 amide bonds. The lowest BCUT2D eigenvalue weighted by Crippen LogP contribution is -2.51. The summed E-state index contributed by atoms with van der Waals surface area (Å²) in [6, 6.07) is 18.4. The van der Waals surface area contributed by atoms with Gasteiger partial charge in [0.05, 0.1) is 11.4 Å². The maximum Gasteiger partial charge on any atom is 0.243 e. The van der Waals surface area contributed by atoms with Gasteiger partial charge in [-0.05, 0) is 17.7 Å². The number of hydrogen-bond acceptors (Lipinski definition) is 4. The van der Waals surface area contributed by atoms with Crippen molar-refractivity contribution in [3.63, 3.8) is 0 Å². The summed E-state index contributed by atoms with van der Waals surface area (Å²) in [5.41, 5.74) is 1.26. The number of carbonyl (C=O) groups excluding carboxylic acids is 1. The maximum absolute atomic E-state index is 12.6. The smallest absolute Gasteiger partial charge is 0.243 e. The molecule has 0 spiro atoms. The number of carbonyl (C=O) groups is 1. The Morgan fingerprint density at radius 1 is 0.926 bits per heavy atom. The number of hydrogen-bond donors (Lipinski definition) is 0. The highest BCUT2D eigenvalue weighted by Gasteiger charge is 2.27. The minimum Gasteiger partial charge on any atom is -0.339 e. The molecular formula is C20H25N3O3S. The molecule has 0 saturated carbocycles. The first-order valence-corrected chi connectivity index (χ1v) is 10.5. The predicted octanol–water partition coefficient (Wildman–Crippen LogP) is 1.65. The van der Waals surface area contributed by atoms with E-state index in [-0.39, 0.29) is 17.3 Å². The van der Waals surface area contributed by atoms with Crippen molar-refractivity contribution in [3.05, 3.63) is 66.2 Å². The van der Waals surface area contributed by atoms with Gasteiger partial charge in [-0.15, -0.1) is 0 Å². The molecule has 3 rings (SSSR count). The Hall–Kier alpha value is -2.22. The Morgan fingerprint density at radius 2 is 1.48 bits per heavy atom. The molecule has 0 aliphatic carbocycles. The van der Waals surface area contributed by atoms with Gasteiger partial charge < -0.3 is 4.90 Å². The van der Waals surface area contributed by atoms with E-state index in [0.29, 0.717) is 13.1 Å². The van der Waals surface area contributed by atoms with Crippen LogP contribution in [0.2, 0.25) is 0 Å². The summed E-state index contributed by atoms with van der Waals surface area (Å²) >= 11 is 0. The minimum atomic E-state index is -3.65. The fraction of sp³-hybridized carbons (Fsp3) is 0.350. The van der Waals surface area contributed by atoms with Gasteiger partial charge in [0.25, 0.3) is 0 Å². The standard InChI is InChI=1S/C20H25N3O3S/c1-21(27(25,26)19-10-6-3-7-11-19)17-20(24)23-14-12-22(13-15-23)16-18-8-4-2-5-9-18/h2-11H,12-17H2,1H3. The summed E-state index contributed by atoms with van der Waals surface area (Å²) in [6.45, 7) is 3.53. The SMILES string of the molecule is CN(CC(=O)N1CCN(Cc2ccccc2)CC1)S(=O)(=O)c1ccccc1. The van der Waals surface area contributed by atoms with Gasteiger partial charge in [-0.2, -0.15) is 4.31 Å². The normalized spacial score (nSPS) is 15.9. The maximum atomic E-state index is 12.6. The Morgan fingerprint density at radius 3 is 2.07 bits per heavy atom. The third kappa shape index (κ3) is 4.94. The first-order chi connectivity index (χ1) is 13.0. The van der Waals surface area contributed by atoms with Gasteiger partial charge in [0, 0.05) is 39.8 Å². The molecule has 0 aromatic heterocycles. The van der Waals surface area contributed by atoms with E-state index in [4.69, 9.17) is 0 Å². The number of sulfonamides is 1. The second-order valence-corrected chi connectivity index (χ2v) is 8.76. The Bertz CT molecular complexity index is 849. The first kappa shape index (κ1) is 19.5. The van der Waals surface area contributed by atoms with Gasteiger partial charge in [0.2, 0.25) is 15.9 Å². The third-order valence-electron chi connectivity index (χ3n) is 4.78. The highest BCUT2D eigenvalue weighted by molar-refractivity contribution is 7.89. The number of amides is 1. The molecule has 0 unspecified atom stereocenters. The molecule has 0 radical (unpaired) electrons. The van der Waals surface area contributed by atoms with Gasteiger partial charge in [0.15, 0.2) is 0 Å². The fourth-order valence-corrected chi connectivity index (χ4v) is 4.29. The molecule has 0 atom stereocenters. The van der Waals surface area contributed by atoms with E-state index < -0.39 is 10.0 Å². The van der Waals surface area contributed by atoms with Crippen LogP contribution in [0.25, 0.3) is 0 Å². The molecule has 6 nitrogen and oxygen atoms in total. The largest absolute Gasteiger partial charge is 0.339 e. The van der Waals surface area contributed by atoms with Crippen molar-refractivity contribution in [2.24, 2.45) is 0 Å². The molecule has 2 aromatic carbocycles. The van der Waals surface area contributed by atoms with E-state index in [1.165, 1.54) is 12.6 Å². The van der Waals surface area contributed by atoms with E-state index in [2.05, 4.69) is 17.0 Å². The zero-order valence-electron chi connectivity index (χ0n) is 15.5. The van der Waals surface area contributed by atoms with Gasteiger partial charge in [-0.1, -0.05) is 48.5 Å². The quantitative estimate of drug-likeness (QED) is 0.756. The van der Waals surface area contributed by atoms with Crippen molar-refractivity contribution < 1.29 is 13.2 Å². The van der Waals surface area contributed by atoms with Crippen LogP contribution in [0.3, 0.4) is 0 Å². The number of benzene rings is 2. The van der Waals surface area contributed by atoms with Crippen LogP contribution in [0, 0.1) is 0 Å². The molecule has 7 heteroatoms. The van der Waals surface area contributed by atoms with E-state index in [1.807, 2.05) is 18.2 Å². The number of rotatable bonds is 6. The van der Waals surface area contributed by atoms with Gasteiger partial charge in [0.1, 0.15) is 0 Å². The summed E-state index contributed by atoms with van der Waals surface area (Å²) in [7, 11) is -2.20. The Kier molecular flexibility index (Phi) is 6.26. The van der Waals surface area contributed by atoms with Crippen LogP contribution in [0.5, 0.6) is 0 Å². The van der Waals surface area contributed by atoms with E-state index in [0.717, 1.165) is 23.9 Å². The van der Waals surface area contributed by atoms with Crippen LogP contribution in [-0.4, -0.2) is 68.2 Å². The van der Waals surface area contributed by atoms with Crippen molar-refractivity contribution in [1.82, 2.24) is 14.1 Å². The molecule has 2 aromatic rings. The van der Waals surface area contributed by atoms with Gasteiger partial charge in [-0.3, -0.25) is 9.69 Å². The topological polar surface area (TPSA) is 60.9 Å². The lowest BCUT2D eigenvalue weighted by Gasteiger charge is -2.35. The van der Waals surface area contributed by atoms with Crippen molar-refractivity contribution in [2.45, 2.75) is 11.4 Å². The molecule has 1 aliphatic heterocycles. The Balaban J connectivity index is 1.52. The minimum absolute atomic E-state index is 0.143. The Labute approximate surface area is 161 Å². The van der Waals surface area contributed by atoms with Crippen molar-refractivity contribution >= 4 is 15.9 Å². The molecule has 1 saturated heterocycles. The molecule has 144 valence electrons. The van der Waals surface area contributed by atoms with Gasteiger partial charge >= 0.3 is 0 Å². The molecule has 1 aliphatic rings. The molecule has 1 fully saturated rings. The van der Waals surface area contributed by atoms with E-state index in [9.17, 15) is 13.2 Å². The van der Waals surface area contributed by atoms with Crippen molar-refractivity contribution in [1.29, 1.82) is 0 Å². The second kappa shape index (κ2) is 8.65. The fourth-order valence-electron chi connectivity index (χ4n) is 3.14. The monoisotopic (exact) mass is 387 g/mol. The van der Waals surface area contributed by atoms with Crippen molar-refractivity contribution in [2.75, 3.05) is 39.8 Å². The lowest BCUT2D eigenvalue weighted by atomic mass is 10.2. The molecule has 0 N–H and O–H groups in total. The van der Waals surface area contributed by atoms with E-state index >= 15 is 0 Å². The molecule has 0 bridgehead atoms. The molecular weight excluding hydrogens is 362 g/mol. The predicted molar refractivity (Wildman–Crippen MR) is 105 cm³/mol. The summed E-state index contributed by atoms with van der Waals surface area (Å²) in [5, 5.41) is 0. The van der Waals surface area contributed by atoms with E-state index in [1.54, 1.807) is 35.2 Å². The number of likely N-dealkylation sites (N-methyl/N-ethyl adjacent to an activating group) is 1. The summed E-state index contributed by atoms with van der Waals surface area (Å²) in [5.74, 6) is -0.156. The summed E-state index contributed by atoms with van der Waals surface area (Å²) in [4.78, 5) is 16.8. The van der Waals surface area contributed by atoms with Gasteiger partial charge in [-0.25, -0.2) is 8.42 Å². The van der Waals surface area contributed by atoms with Crippen LogP contribution < -0.4 is 0 Å². The average Bonchev–Trinajstić information content (AvgIpc) is 2.70. The highest BCUT2D eigenvalue weighted by atomic mass is 32.2. The van der Waals surface area contributed by atoms with Crippen LogP contribution >= 0.6 is 0 Å². The molecule has 1 heterocycles. The third-order valence-corrected chi connectivity index (χ3v) is 6.60. The second-order valence-electron chi connectivity index (χ2n) is 6.72. The van der Waals surface area contributed by atoms with Crippen LogP contribution in [0.1, 0.15) is 5.56 Å². The van der Waals surface area contributed by atoms with Crippen LogP contribution in [0.4, 0.5) is 0 Å².